The number of hydrogen-bond acceptors (Lipinski definition) is 6. The van der Waals surface area contributed by atoms with Gasteiger partial charge in [-0.15, -0.1) is 0 Å². The first-order valence-electron chi connectivity index (χ1n) is 9.82. The van der Waals surface area contributed by atoms with E-state index in [1.807, 2.05) is 13.8 Å². The van der Waals surface area contributed by atoms with Crippen LogP contribution in [0.4, 0.5) is 0 Å². The molecule has 9 nitrogen and oxygen atoms in total. The molecular weight excluding hydrogens is 410 g/mol. The van der Waals surface area contributed by atoms with Crippen LogP contribution >= 0.6 is 0 Å². The summed E-state index contributed by atoms with van der Waals surface area (Å²) < 4.78 is 31.2. The van der Waals surface area contributed by atoms with Crippen molar-refractivity contribution in [1.82, 2.24) is 14.9 Å². The standard InChI is InChI=1S/C20H31N3O6S/c1-6-23(7-2)30(27,28)16-10-8-9-15(12-16)19(25)21-13-18(24)22-17(11-14(3)4)20(26)29-5/h8-10,12,14,17H,6-7,11,13H2,1-5H3,(H,21,25)(H,22,24)/t17-/m1/s1. The van der Waals surface area contributed by atoms with Crippen LogP contribution in [-0.2, 0) is 24.3 Å². The molecule has 10 heteroatoms. The van der Waals surface area contributed by atoms with Gasteiger partial charge in [0.25, 0.3) is 5.91 Å². The number of esters is 1. The Hall–Kier alpha value is -2.46. The van der Waals surface area contributed by atoms with Gasteiger partial charge < -0.3 is 15.4 Å². The topological polar surface area (TPSA) is 122 Å². The molecule has 1 rings (SSSR count). The fraction of sp³-hybridized carbons (Fsp3) is 0.550. The van der Waals surface area contributed by atoms with Crippen molar-refractivity contribution in [2.45, 2.75) is 45.1 Å². The monoisotopic (exact) mass is 441 g/mol. The van der Waals surface area contributed by atoms with Crippen molar-refractivity contribution in [1.29, 1.82) is 0 Å². The Morgan fingerprint density at radius 3 is 2.30 bits per heavy atom. The summed E-state index contributed by atoms with van der Waals surface area (Å²) in [4.78, 5) is 36.3. The zero-order chi connectivity index (χ0) is 22.9. The highest BCUT2D eigenvalue weighted by Crippen LogP contribution is 2.17. The number of benzene rings is 1. The molecule has 1 aromatic carbocycles. The molecule has 0 spiro atoms. The van der Waals surface area contributed by atoms with Crippen LogP contribution in [0.25, 0.3) is 0 Å². The lowest BCUT2D eigenvalue weighted by Gasteiger charge is -2.19. The third-order valence-electron chi connectivity index (χ3n) is 4.38. The summed E-state index contributed by atoms with van der Waals surface area (Å²) in [5, 5.41) is 4.98. The summed E-state index contributed by atoms with van der Waals surface area (Å²) in [6.07, 6.45) is 0.400. The van der Waals surface area contributed by atoms with E-state index in [1.165, 1.54) is 35.7 Å². The first-order chi connectivity index (χ1) is 14.1. The SMILES string of the molecule is CCN(CC)S(=O)(=O)c1cccc(C(=O)NCC(=O)N[C@H](CC(C)C)C(=O)OC)c1. The number of carbonyl (C=O) groups excluding carboxylic acids is 3. The number of nitrogens with one attached hydrogen (secondary N) is 2. The number of ether oxygens (including phenoxy) is 1. The summed E-state index contributed by atoms with van der Waals surface area (Å²) in [5.74, 6) is -1.55. The maximum Gasteiger partial charge on any atom is 0.328 e. The Balaban J connectivity index is 2.82. The number of sulfonamides is 1. The Kier molecular flexibility index (Phi) is 9.94. The second-order valence-corrected chi connectivity index (χ2v) is 9.01. The molecule has 0 aromatic heterocycles. The molecule has 0 bridgehead atoms. The lowest BCUT2D eigenvalue weighted by Crippen LogP contribution is -2.46. The molecule has 0 fully saturated rings. The van der Waals surface area contributed by atoms with Crippen molar-refractivity contribution in [2.24, 2.45) is 5.92 Å². The number of nitrogens with zero attached hydrogens (tertiary/aromatic N) is 1. The third-order valence-corrected chi connectivity index (χ3v) is 6.42. The van der Waals surface area contributed by atoms with E-state index in [4.69, 9.17) is 0 Å². The van der Waals surface area contributed by atoms with Crippen LogP contribution in [0.3, 0.4) is 0 Å². The first kappa shape index (κ1) is 25.6. The van der Waals surface area contributed by atoms with Gasteiger partial charge in [0.2, 0.25) is 15.9 Å². The van der Waals surface area contributed by atoms with Crippen LogP contribution in [0.1, 0.15) is 44.5 Å². The number of methoxy groups -OCH3 is 1. The van der Waals surface area contributed by atoms with E-state index in [0.29, 0.717) is 19.5 Å². The van der Waals surface area contributed by atoms with E-state index >= 15 is 0 Å². The van der Waals surface area contributed by atoms with Gasteiger partial charge in [-0.2, -0.15) is 4.31 Å². The van der Waals surface area contributed by atoms with Crippen LogP contribution in [0.2, 0.25) is 0 Å². The molecule has 30 heavy (non-hydrogen) atoms. The molecule has 0 unspecified atom stereocenters. The minimum absolute atomic E-state index is 0.00555. The van der Waals surface area contributed by atoms with Gasteiger partial charge in [-0.05, 0) is 30.5 Å². The zero-order valence-corrected chi connectivity index (χ0v) is 18.9. The number of carbonyl (C=O) groups is 3. The average Bonchev–Trinajstić information content (AvgIpc) is 2.71. The Morgan fingerprint density at radius 2 is 1.77 bits per heavy atom. The van der Waals surface area contributed by atoms with Crippen LogP contribution < -0.4 is 10.6 Å². The summed E-state index contributed by atoms with van der Waals surface area (Å²) in [6, 6.07) is 4.83. The quantitative estimate of drug-likeness (QED) is 0.497. The van der Waals surface area contributed by atoms with E-state index in [0.717, 1.165) is 0 Å². The van der Waals surface area contributed by atoms with E-state index in [1.54, 1.807) is 13.8 Å². The maximum atomic E-state index is 12.6. The highest BCUT2D eigenvalue weighted by Gasteiger charge is 2.24. The van der Waals surface area contributed by atoms with Gasteiger partial charge >= 0.3 is 5.97 Å². The molecule has 0 aliphatic heterocycles. The molecule has 0 aliphatic carbocycles. The fourth-order valence-corrected chi connectivity index (χ4v) is 4.35. The molecule has 0 aliphatic rings. The van der Waals surface area contributed by atoms with E-state index in [-0.39, 0.29) is 22.9 Å². The molecule has 0 saturated heterocycles. The molecule has 2 amide bonds. The van der Waals surface area contributed by atoms with Gasteiger partial charge in [-0.3, -0.25) is 9.59 Å². The minimum Gasteiger partial charge on any atom is -0.467 e. The summed E-state index contributed by atoms with van der Waals surface area (Å²) in [5.41, 5.74) is 0.114. The Labute approximate surface area is 178 Å². The lowest BCUT2D eigenvalue weighted by atomic mass is 10.0. The van der Waals surface area contributed by atoms with Gasteiger partial charge in [-0.1, -0.05) is 33.8 Å². The summed E-state index contributed by atoms with van der Waals surface area (Å²) in [7, 11) is -2.47. The van der Waals surface area contributed by atoms with Crippen molar-refractivity contribution in [2.75, 3.05) is 26.7 Å². The largest absolute Gasteiger partial charge is 0.467 e. The smallest absolute Gasteiger partial charge is 0.328 e. The van der Waals surface area contributed by atoms with Crippen molar-refractivity contribution in [3.05, 3.63) is 29.8 Å². The highest BCUT2D eigenvalue weighted by atomic mass is 32.2. The van der Waals surface area contributed by atoms with Gasteiger partial charge in [0.05, 0.1) is 18.6 Å². The highest BCUT2D eigenvalue weighted by molar-refractivity contribution is 7.89. The van der Waals surface area contributed by atoms with E-state index in [9.17, 15) is 22.8 Å². The van der Waals surface area contributed by atoms with Crippen LogP contribution in [-0.4, -0.2) is 63.3 Å². The Morgan fingerprint density at radius 1 is 1.13 bits per heavy atom. The lowest BCUT2D eigenvalue weighted by molar-refractivity contribution is -0.145. The molecule has 0 saturated carbocycles. The number of rotatable bonds is 11. The molecule has 1 aromatic rings. The third kappa shape index (κ3) is 7.10. The van der Waals surface area contributed by atoms with Gasteiger partial charge in [-0.25, -0.2) is 13.2 Å². The number of amides is 2. The van der Waals surface area contributed by atoms with Crippen LogP contribution in [0, 0.1) is 5.92 Å². The molecule has 1 atom stereocenters. The van der Waals surface area contributed by atoms with Crippen LogP contribution in [0.5, 0.6) is 0 Å². The molecular formula is C20H31N3O6S. The minimum atomic E-state index is -3.71. The Bertz CT molecular complexity index is 850. The predicted molar refractivity (Wildman–Crippen MR) is 112 cm³/mol. The van der Waals surface area contributed by atoms with Crippen molar-refractivity contribution >= 4 is 27.8 Å². The van der Waals surface area contributed by atoms with Gasteiger partial charge in [0, 0.05) is 18.7 Å². The predicted octanol–water partition coefficient (Wildman–Crippen LogP) is 1.15. The molecule has 2 N–H and O–H groups in total. The average molecular weight is 442 g/mol. The van der Waals surface area contributed by atoms with E-state index < -0.39 is 33.8 Å². The zero-order valence-electron chi connectivity index (χ0n) is 18.1. The van der Waals surface area contributed by atoms with Gasteiger partial charge in [0.15, 0.2) is 0 Å². The second kappa shape index (κ2) is 11.7. The number of hydrogen-bond donors (Lipinski definition) is 2. The maximum absolute atomic E-state index is 12.6. The van der Waals surface area contributed by atoms with Gasteiger partial charge in [0.1, 0.15) is 6.04 Å². The molecule has 0 heterocycles. The first-order valence-corrected chi connectivity index (χ1v) is 11.3. The normalized spacial score (nSPS) is 12.5. The summed E-state index contributed by atoms with van der Waals surface area (Å²) in [6.45, 7) is 7.54. The van der Waals surface area contributed by atoms with Crippen molar-refractivity contribution < 1.29 is 27.5 Å². The molecule has 168 valence electrons. The fourth-order valence-electron chi connectivity index (χ4n) is 2.85. The summed E-state index contributed by atoms with van der Waals surface area (Å²) >= 11 is 0. The molecule has 0 radical (unpaired) electrons. The van der Waals surface area contributed by atoms with Crippen molar-refractivity contribution in [3.8, 4) is 0 Å². The van der Waals surface area contributed by atoms with Crippen LogP contribution in [0.15, 0.2) is 29.2 Å². The van der Waals surface area contributed by atoms with Crippen molar-refractivity contribution in [3.63, 3.8) is 0 Å². The van der Waals surface area contributed by atoms with E-state index in [2.05, 4.69) is 15.4 Å². The second-order valence-electron chi connectivity index (χ2n) is 7.07.